The third-order valence-electron chi connectivity index (χ3n) is 6.00. The molecule has 34 heavy (non-hydrogen) atoms. The number of rotatable bonds is 5. The third kappa shape index (κ3) is 4.49. The van der Waals surface area contributed by atoms with Crippen molar-refractivity contribution in [2.75, 3.05) is 51.4 Å². The highest BCUT2D eigenvalue weighted by Gasteiger charge is 2.33. The molecule has 0 unspecified atom stereocenters. The Bertz CT molecular complexity index is 1130. The van der Waals surface area contributed by atoms with E-state index >= 15 is 0 Å². The molecule has 1 saturated heterocycles. The van der Waals surface area contributed by atoms with Crippen LogP contribution in [-0.4, -0.2) is 79.6 Å². The molecule has 0 aliphatic carbocycles. The fourth-order valence-corrected chi connectivity index (χ4v) is 4.20. The molecule has 5 rings (SSSR count). The molecule has 2 amide bonds. The molecular weight excluding hydrogens is 442 g/mol. The standard InChI is InChI=1S/C24H25N3O7/c1-15(28)16-10-20-21(33-14-32-20)11-17(16)25-23(29)12-26-6-8-27(9-7-26)24(30)22-13-31-18-4-2-3-5-19(18)34-22/h2-5,10-11,22H,6-9,12-14H2,1H3,(H,25,29)/t22-/m1/s1. The van der Waals surface area contributed by atoms with Gasteiger partial charge in [0, 0.05) is 37.8 Å². The van der Waals surface area contributed by atoms with E-state index in [4.69, 9.17) is 18.9 Å². The maximum atomic E-state index is 12.9. The zero-order valence-corrected chi connectivity index (χ0v) is 18.7. The van der Waals surface area contributed by atoms with Gasteiger partial charge in [-0.3, -0.25) is 19.3 Å². The number of ketones is 1. The highest BCUT2D eigenvalue weighted by molar-refractivity contribution is 6.05. The second-order valence-corrected chi connectivity index (χ2v) is 8.32. The number of hydrogen-bond donors (Lipinski definition) is 1. The molecule has 0 bridgehead atoms. The Morgan fingerprint density at radius 1 is 0.941 bits per heavy atom. The normalized spacial score (nSPS) is 19.0. The van der Waals surface area contributed by atoms with E-state index < -0.39 is 6.10 Å². The molecule has 0 aromatic heterocycles. The smallest absolute Gasteiger partial charge is 0.267 e. The topological polar surface area (TPSA) is 107 Å². The molecule has 10 nitrogen and oxygen atoms in total. The van der Waals surface area contributed by atoms with E-state index in [0.717, 1.165) is 0 Å². The minimum atomic E-state index is -0.680. The van der Waals surface area contributed by atoms with Gasteiger partial charge in [-0.15, -0.1) is 0 Å². The van der Waals surface area contributed by atoms with E-state index in [1.54, 1.807) is 23.1 Å². The predicted molar refractivity (Wildman–Crippen MR) is 121 cm³/mol. The number of hydrogen-bond acceptors (Lipinski definition) is 8. The van der Waals surface area contributed by atoms with Crippen LogP contribution >= 0.6 is 0 Å². The lowest BCUT2D eigenvalue weighted by molar-refractivity contribution is -0.143. The largest absolute Gasteiger partial charge is 0.485 e. The maximum absolute atomic E-state index is 12.9. The van der Waals surface area contributed by atoms with Crippen LogP contribution in [0.4, 0.5) is 5.69 Å². The SMILES string of the molecule is CC(=O)c1cc2c(cc1NC(=O)CN1CCN(C(=O)[C@H]3COc4ccccc4O3)CC1)OCO2. The van der Waals surface area contributed by atoms with E-state index in [2.05, 4.69) is 5.32 Å². The van der Waals surface area contributed by atoms with Crippen LogP contribution in [0.2, 0.25) is 0 Å². The van der Waals surface area contributed by atoms with Gasteiger partial charge in [-0.2, -0.15) is 0 Å². The minimum absolute atomic E-state index is 0.0810. The number of amides is 2. The Balaban J connectivity index is 1.14. The van der Waals surface area contributed by atoms with E-state index in [0.29, 0.717) is 60.4 Å². The first-order valence-corrected chi connectivity index (χ1v) is 11.1. The summed E-state index contributed by atoms with van der Waals surface area (Å²) >= 11 is 0. The van der Waals surface area contributed by atoms with Gasteiger partial charge in [0.2, 0.25) is 18.8 Å². The van der Waals surface area contributed by atoms with Crippen LogP contribution < -0.4 is 24.3 Å². The van der Waals surface area contributed by atoms with Crippen molar-refractivity contribution in [2.45, 2.75) is 13.0 Å². The van der Waals surface area contributed by atoms with Crippen molar-refractivity contribution in [3.63, 3.8) is 0 Å². The first-order chi connectivity index (χ1) is 16.5. The number of carbonyl (C=O) groups excluding carboxylic acids is 3. The summed E-state index contributed by atoms with van der Waals surface area (Å²) in [6.07, 6.45) is -0.680. The van der Waals surface area contributed by atoms with Crippen LogP contribution in [0.3, 0.4) is 0 Å². The van der Waals surface area contributed by atoms with Crippen LogP contribution in [0.1, 0.15) is 17.3 Å². The van der Waals surface area contributed by atoms with Crippen LogP contribution in [0.5, 0.6) is 23.0 Å². The molecular formula is C24H25N3O7. The number of ether oxygens (including phenoxy) is 4. The monoisotopic (exact) mass is 467 g/mol. The highest BCUT2D eigenvalue weighted by atomic mass is 16.7. The fourth-order valence-electron chi connectivity index (χ4n) is 4.20. The highest BCUT2D eigenvalue weighted by Crippen LogP contribution is 2.37. The Labute approximate surface area is 196 Å². The maximum Gasteiger partial charge on any atom is 0.267 e. The van der Waals surface area contributed by atoms with E-state index in [-0.39, 0.29) is 37.5 Å². The summed E-state index contributed by atoms with van der Waals surface area (Å²) < 4.78 is 22.2. The number of para-hydroxylation sites is 2. The van der Waals surface area contributed by atoms with Crippen LogP contribution in [0.25, 0.3) is 0 Å². The van der Waals surface area contributed by atoms with Gasteiger partial charge in [-0.1, -0.05) is 12.1 Å². The molecule has 2 aromatic rings. The lowest BCUT2D eigenvalue weighted by atomic mass is 10.1. The van der Waals surface area contributed by atoms with Crippen molar-refractivity contribution in [2.24, 2.45) is 0 Å². The predicted octanol–water partition coefficient (Wildman–Crippen LogP) is 1.54. The summed E-state index contributed by atoms with van der Waals surface area (Å²) in [6, 6.07) is 10.5. The molecule has 2 aromatic carbocycles. The number of Topliss-reactive ketones (excluding diaryl/α,β-unsaturated/α-hetero) is 1. The van der Waals surface area contributed by atoms with E-state index in [1.807, 2.05) is 23.1 Å². The molecule has 0 radical (unpaired) electrons. The molecule has 178 valence electrons. The Hall–Kier alpha value is -3.79. The number of benzene rings is 2. The zero-order valence-electron chi connectivity index (χ0n) is 18.7. The molecule has 3 aliphatic rings. The summed E-state index contributed by atoms with van der Waals surface area (Å²) in [6.45, 7) is 3.89. The molecule has 0 spiro atoms. The van der Waals surface area contributed by atoms with Gasteiger partial charge in [0.05, 0.1) is 12.2 Å². The van der Waals surface area contributed by atoms with E-state index in [1.165, 1.54) is 6.92 Å². The fraction of sp³-hybridized carbons (Fsp3) is 0.375. The number of nitrogens with one attached hydrogen (secondary N) is 1. The van der Waals surface area contributed by atoms with Crippen molar-refractivity contribution >= 4 is 23.3 Å². The lowest BCUT2D eigenvalue weighted by Crippen LogP contribution is -2.54. The summed E-state index contributed by atoms with van der Waals surface area (Å²) in [5, 5.41) is 2.81. The summed E-state index contributed by atoms with van der Waals surface area (Å²) in [5.74, 6) is 1.63. The van der Waals surface area contributed by atoms with Crippen molar-refractivity contribution in [1.29, 1.82) is 0 Å². The van der Waals surface area contributed by atoms with Crippen molar-refractivity contribution < 1.29 is 33.3 Å². The molecule has 10 heteroatoms. The third-order valence-corrected chi connectivity index (χ3v) is 6.00. The quantitative estimate of drug-likeness (QED) is 0.660. The lowest BCUT2D eigenvalue weighted by Gasteiger charge is -2.36. The number of carbonyl (C=O) groups is 3. The van der Waals surface area contributed by atoms with Crippen LogP contribution in [-0.2, 0) is 9.59 Å². The minimum Gasteiger partial charge on any atom is -0.485 e. The molecule has 3 aliphatic heterocycles. The Morgan fingerprint density at radius 2 is 1.65 bits per heavy atom. The Morgan fingerprint density at radius 3 is 2.38 bits per heavy atom. The molecule has 1 fully saturated rings. The number of anilines is 1. The molecule has 1 N–H and O–H groups in total. The first kappa shape index (κ1) is 22.0. The summed E-state index contributed by atoms with van der Waals surface area (Å²) in [4.78, 5) is 41.3. The second kappa shape index (κ2) is 9.22. The van der Waals surface area contributed by atoms with Crippen LogP contribution in [0, 0.1) is 0 Å². The Kier molecular flexibility index (Phi) is 5.97. The van der Waals surface area contributed by atoms with Crippen molar-refractivity contribution in [3.8, 4) is 23.0 Å². The van der Waals surface area contributed by atoms with E-state index in [9.17, 15) is 14.4 Å². The van der Waals surface area contributed by atoms with Gasteiger partial charge in [0.15, 0.2) is 28.8 Å². The number of fused-ring (bicyclic) bond motifs is 2. The zero-order chi connectivity index (χ0) is 23.7. The van der Waals surface area contributed by atoms with Gasteiger partial charge < -0.3 is 29.2 Å². The molecule has 1 atom stereocenters. The van der Waals surface area contributed by atoms with Gasteiger partial charge in [-0.05, 0) is 25.1 Å². The second-order valence-electron chi connectivity index (χ2n) is 8.32. The van der Waals surface area contributed by atoms with Gasteiger partial charge in [-0.25, -0.2) is 0 Å². The summed E-state index contributed by atoms with van der Waals surface area (Å²) in [7, 11) is 0. The van der Waals surface area contributed by atoms with Gasteiger partial charge >= 0.3 is 0 Å². The molecule has 0 saturated carbocycles. The number of piperazine rings is 1. The average molecular weight is 467 g/mol. The van der Waals surface area contributed by atoms with Crippen molar-refractivity contribution in [3.05, 3.63) is 42.0 Å². The first-order valence-electron chi connectivity index (χ1n) is 11.1. The van der Waals surface area contributed by atoms with Crippen molar-refractivity contribution in [1.82, 2.24) is 9.80 Å². The van der Waals surface area contributed by atoms with Crippen LogP contribution in [0.15, 0.2) is 36.4 Å². The number of nitrogens with zero attached hydrogens (tertiary/aromatic N) is 2. The average Bonchev–Trinajstić information content (AvgIpc) is 3.30. The molecule has 3 heterocycles. The summed E-state index contributed by atoms with van der Waals surface area (Å²) in [5.41, 5.74) is 0.759. The van der Waals surface area contributed by atoms with Gasteiger partial charge in [0.25, 0.3) is 5.91 Å². The van der Waals surface area contributed by atoms with Gasteiger partial charge in [0.1, 0.15) is 6.61 Å².